The Bertz CT molecular complexity index is 4020. The number of hydrogen-bond acceptors (Lipinski definition) is 4. The van der Waals surface area contributed by atoms with Gasteiger partial charge in [0, 0.05) is 51.3 Å². The Morgan fingerprint density at radius 2 is 0.640 bits per heavy atom. The normalized spacial score (nSPS) is 12.5. The molecule has 348 valence electrons. The molecule has 12 aromatic carbocycles. The molecule has 5 heteroatoms. The zero-order valence-electron chi connectivity index (χ0n) is 40.8. The lowest BCUT2D eigenvalue weighted by molar-refractivity contribution is 1.21. The van der Waals surface area contributed by atoms with Crippen molar-refractivity contribution < 1.29 is 0 Å². The van der Waals surface area contributed by atoms with Crippen LogP contribution in [0.25, 0.3) is 88.3 Å². The van der Waals surface area contributed by atoms with E-state index in [1.54, 1.807) is 0 Å². The molecule has 0 saturated carbocycles. The number of fused-ring (bicyclic) bond motifs is 7. The largest absolute Gasteiger partial charge is 0.311 e. The number of nitrogens with zero attached hydrogens (tertiary/aromatic N) is 4. The molecule has 3 heterocycles. The van der Waals surface area contributed by atoms with Crippen LogP contribution in [0.15, 0.2) is 273 Å². The van der Waals surface area contributed by atoms with Crippen molar-refractivity contribution in [1.82, 2.24) is 9.97 Å². The molecule has 0 radical (unpaired) electrons. The molecule has 0 bridgehead atoms. The number of rotatable bonds is 7. The third-order valence-electron chi connectivity index (χ3n) is 15.3. The summed E-state index contributed by atoms with van der Waals surface area (Å²) in [5, 5.41) is 5.78. The predicted molar refractivity (Wildman–Crippen MR) is 316 cm³/mol. The summed E-state index contributed by atoms with van der Waals surface area (Å²) in [6.45, 7) is -0.134. The second-order valence-electron chi connectivity index (χ2n) is 19.8. The van der Waals surface area contributed by atoms with Crippen LogP contribution in [-0.2, 0) is 0 Å². The molecule has 0 fully saturated rings. The van der Waals surface area contributed by atoms with Gasteiger partial charge >= 0.3 is 0 Å². The summed E-state index contributed by atoms with van der Waals surface area (Å²) in [7, 11) is 0. The Morgan fingerprint density at radius 3 is 1.05 bits per heavy atom. The van der Waals surface area contributed by atoms with Crippen LogP contribution in [0.2, 0.25) is 0 Å². The number of para-hydroxylation sites is 1. The van der Waals surface area contributed by atoms with Gasteiger partial charge in [0.05, 0.1) is 5.52 Å². The van der Waals surface area contributed by atoms with Crippen molar-refractivity contribution >= 4 is 89.7 Å². The van der Waals surface area contributed by atoms with Crippen molar-refractivity contribution in [1.29, 1.82) is 0 Å². The molecule has 0 spiro atoms. The first kappa shape index (κ1) is 42.8. The third-order valence-corrected chi connectivity index (χ3v) is 15.3. The minimum absolute atomic E-state index is 0.134. The quantitative estimate of drug-likeness (QED) is 0.149. The summed E-state index contributed by atoms with van der Waals surface area (Å²) < 4.78 is 0. The zero-order chi connectivity index (χ0) is 49.4. The van der Waals surface area contributed by atoms with Gasteiger partial charge in [0.1, 0.15) is 0 Å². The van der Waals surface area contributed by atoms with Crippen LogP contribution < -0.4 is 26.2 Å². The first-order valence-electron chi connectivity index (χ1n) is 25.7. The fourth-order valence-electron chi connectivity index (χ4n) is 11.8. The van der Waals surface area contributed by atoms with E-state index in [0.717, 1.165) is 95.1 Å². The Hall–Kier alpha value is -9.84. The molecular weight excluding hydrogens is 908 g/mol. The third kappa shape index (κ3) is 7.31. The van der Waals surface area contributed by atoms with Crippen LogP contribution >= 0.6 is 0 Å². The fourth-order valence-corrected chi connectivity index (χ4v) is 11.8. The van der Waals surface area contributed by atoms with Crippen LogP contribution in [0.3, 0.4) is 0 Å². The van der Waals surface area contributed by atoms with E-state index in [0.29, 0.717) is 5.82 Å². The monoisotopic (exact) mass is 952 g/mol. The lowest BCUT2D eigenvalue weighted by atomic mass is 9.33. The molecule has 0 N–H and O–H groups in total. The average molecular weight is 953 g/mol. The summed E-state index contributed by atoms with van der Waals surface area (Å²) >= 11 is 0. The summed E-state index contributed by atoms with van der Waals surface area (Å²) in [6.07, 6.45) is 1.97. The van der Waals surface area contributed by atoms with Gasteiger partial charge in [0.15, 0.2) is 5.82 Å². The van der Waals surface area contributed by atoms with Gasteiger partial charge in [-0.3, -0.25) is 0 Å². The maximum Gasteiger partial charge on any atom is 0.252 e. The average Bonchev–Trinajstić information content (AvgIpc) is 3.56. The van der Waals surface area contributed by atoms with Crippen LogP contribution in [0.4, 0.5) is 34.1 Å². The second kappa shape index (κ2) is 17.4. The van der Waals surface area contributed by atoms with Crippen molar-refractivity contribution in [3.63, 3.8) is 0 Å². The summed E-state index contributed by atoms with van der Waals surface area (Å²) in [5.41, 5.74) is 21.4. The Labute approximate surface area is 436 Å². The van der Waals surface area contributed by atoms with E-state index >= 15 is 0 Å². The van der Waals surface area contributed by atoms with Gasteiger partial charge in [-0.15, -0.1) is 0 Å². The molecule has 1 aromatic heterocycles. The molecule has 2 aliphatic rings. The number of anilines is 6. The second-order valence-corrected chi connectivity index (χ2v) is 19.8. The maximum atomic E-state index is 5.34. The highest BCUT2D eigenvalue weighted by atomic mass is 15.2. The Balaban J connectivity index is 1.09. The molecule has 0 saturated heterocycles. The van der Waals surface area contributed by atoms with Crippen LogP contribution in [-0.4, -0.2) is 16.7 Å². The molecular formula is C70H45BN4. The Morgan fingerprint density at radius 1 is 0.280 bits per heavy atom. The molecule has 75 heavy (non-hydrogen) atoms. The minimum Gasteiger partial charge on any atom is -0.311 e. The van der Waals surface area contributed by atoms with Crippen molar-refractivity contribution in [2.45, 2.75) is 0 Å². The molecule has 4 nitrogen and oxygen atoms in total. The highest BCUT2D eigenvalue weighted by molar-refractivity contribution is 7.00. The summed E-state index contributed by atoms with van der Waals surface area (Å²) in [6, 6.07) is 97.8. The molecule has 0 unspecified atom stereocenters. The Kier molecular flexibility index (Phi) is 9.95. The van der Waals surface area contributed by atoms with Crippen molar-refractivity contribution in [2.75, 3.05) is 9.80 Å². The van der Waals surface area contributed by atoms with Gasteiger partial charge in [-0.2, -0.15) is 0 Å². The highest BCUT2D eigenvalue weighted by Gasteiger charge is 2.44. The van der Waals surface area contributed by atoms with E-state index in [9.17, 15) is 0 Å². The lowest BCUT2D eigenvalue weighted by Gasteiger charge is -2.45. The first-order valence-corrected chi connectivity index (χ1v) is 25.7. The minimum atomic E-state index is -0.134. The molecule has 15 rings (SSSR count). The van der Waals surface area contributed by atoms with E-state index in [1.807, 2.05) is 12.3 Å². The van der Waals surface area contributed by atoms with Crippen LogP contribution in [0.1, 0.15) is 0 Å². The van der Waals surface area contributed by atoms with Gasteiger partial charge in [0.25, 0.3) is 6.71 Å². The van der Waals surface area contributed by atoms with E-state index in [2.05, 4.69) is 271 Å². The van der Waals surface area contributed by atoms with E-state index in [1.165, 1.54) is 37.9 Å². The number of hydrogen-bond donors (Lipinski definition) is 0. The number of benzene rings is 12. The standard InChI is InChI=1S/C70H45BN4/c1-5-19-46(20-6-1)55-33-56(47-21-7-2-8-22-47)36-60(35-55)74-65-41-52-29-15-13-27-50(52)39-62(65)71-63-40-51-28-14-16-30-53(51)42-66(63)75(61-37-57(48-23-9-3-10-24-48)34-58(38-61)49-25-11-4-12-26-49)68-44-59(43-67(74)69(68)71)70-72-45-54-31-17-18-32-64(54)73-70/h1-45H. The van der Waals surface area contributed by atoms with Crippen LogP contribution in [0.5, 0.6) is 0 Å². The smallest absolute Gasteiger partial charge is 0.252 e. The molecule has 0 aliphatic carbocycles. The van der Waals surface area contributed by atoms with Gasteiger partial charge in [-0.05, 0) is 149 Å². The van der Waals surface area contributed by atoms with Gasteiger partial charge in [-0.25, -0.2) is 9.97 Å². The maximum absolute atomic E-state index is 5.34. The molecule has 0 atom stereocenters. The van der Waals surface area contributed by atoms with E-state index < -0.39 is 0 Å². The van der Waals surface area contributed by atoms with Crippen molar-refractivity contribution in [3.8, 4) is 55.9 Å². The molecule has 13 aromatic rings. The van der Waals surface area contributed by atoms with Crippen molar-refractivity contribution in [2.24, 2.45) is 0 Å². The zero-order valence-corrected chi connectivity index (χ0v) is 40.8. The van der Waals surface area contributed by atoms with Gasteiger partial charge in [-0.1, -0.05) is 200 Å². The van der Waals surface area contributed by atoms with Gasteiger partial charge in [0.2, 0.25) is 0 Å². The van der Waals surface area contributed by atoms with E-state index in [-0.39, 0.29) is 6.71 Å². The molecule has 2 aliphatic heterocycles. The summed E-state index contributed by atoms with van der Waals surface area (Å²) in [4.78, 5) is 15.6. The summed E-state index contributed by atoms with van der Waals surface area (Å²) in [5.74, 6) is 0.670. The fraction of sp³-hybridized carbons (Fsp3) is 0. The first-order chi connectivity index (χ1) is 37.1. The van der Waals surface area contributed by atoms with Crippen LogP contribution in [0, 0.1) is 0 Å². The van der Waals surface area contributed by atoms with E-state index in [4.69, 9.17) is 9.97 Å². The van der Waals surface area contributed by atoms with Crippen molar-refractivity contribution in [3.05, 3.63) is 273 Å². The number of aromatic nitrogens is 2. The van der Waals surface area contributed by atoms with Gasteiger partial charge < -0.3 is 9.80 Å². The molecule has 0 amide bonds. The predicted octanol–water partition coefficient (Wildman–Crippen LogP) is 16.4. The highest BCUT2D eigenvalue weighted by Crippen LogP contribution is 2.49. The topological polar surface area (TPSA) is 32.3 Å². The lowest BCUT2D eigenvalue weighted by Crippen LogP contribution is -2.61. The SMILES string of the molecule is c1ccc(-c2cc(-c3ccccc3)cc(N3c4cc5ccccc5cc4B4c5cc6ccccc6cc5N(c5cc(-c6ccccc6)cc(-c6ccccc6)c5)c5cc(-c6ncc7ccccc7n6)cc3c54)c2)cc1.